The second-order valence-electron chi connectivity index (χ2n) is 14.9. The number of hydrogen-bond acceptors (Lipinski definition) is 8. The second-order valence-corrected chi connectivity index (χ2v) is 14.9. The summed E-state index contributed by atoms with van der Waals surface area (Å²) < 4.78 is 6.00. The lowest BCUT2D eigenvalue weighted by molar-refractivity contribution is -0.177. The fourth-order valence-corrected chi connectivity index (χ4v) is 9.26. The Labute approximate surface area is 248 Å². The number of rotatable bonds is 7. The van der Waals surface area contributed by atoms with Crippen molar-refractivity contribution < 1.29 is 39.9 Å². The predicted octanol–water partition coefficient (Wildman–Crippen LogP) is 3.72. The third kappa shape index (κ3) is 4.97. The van der Waals surface area contributed by atoms with Crippen molar-refractivity contribution in [2.45, 2.75) is 121 Å². The van der Waals surface area contributed by atoms with Crippen LogP contribution in [0.25, 0.3) is 0 Å². The fraction of sp³-hybridized carbons (Fsp3) is 0.706. The molecule has 232 valence electrons. The van der Waals surface area contributed by atoms with Gasteiger partial charge < -0.3 is 30.3 Å². The lowest BCUT2D eigenvalue weighted by Crippen LogP contribution is -2.63. The molecule has 1 aromatic carbocycles. The van der Waals surface area contributed by atoms with Crippen LogP contribution in [0.1, 0.15) is 96.3 Å². The highest BCUT2D eigenvalue weighted by Gasteiger charge is 2.69. The minimum atomic E-state index is -1.54. The maximum atomic E-state index is 13.5. The number of hydrogen-bond donors (Lipinski definition) is 5. The molecule has 8 nitrogen and oxygen atoms in total. The minimum absolute atomic E-state index is 0.123. The van der Waals surface area contributed by atoms with E-state index in [9.17, 15) is 35.1 Å². The molecule has 5 N–H and O–H groups in total. The number of ether oxygens (including phenoxy) is 1. The van der Waals surface area contributed by atoms with Gasteiger partial charge in [0.1, 0.15) is 11.7 Å². The van der Waals surface area contributed by atoms with Gasteiger partial charge in [-0.1, -0.05) is 32.0 Å². The number of carbonyl (C=O) groups is 2. The molecule has 0 saturated heterocycles. The topological polar surface area (TPSA) is 145 Å². The zero-order chi connectivity index (χ0) is 30.9. The van der Waals surface area contributed by atoms with Gasteiger partial charge in [-0.3, -0.25) is 4.79 Å². The average Bonchev–Trinajstić information content (AvgIpc) is 3.20. The summed E-state index contributed by atoms with van der Waals surface area (Å²) in [6.45, 7) is 9.00. The van der Waals surface area contributed by atoms with E-state index in [0.717, 1.165) is 0 Å². The van der Waals surface area contributed by atoms with Gasteiger partial charge in [-0.15, -0.1) is 0 Å². The lowest BCUT2D eigenvalue weighted by atomic mass is 9.45. The maximum absolute atomic E-state index is 13.5. The van der Waals surface area contributed by atoms with Crippen LogP contribution in [0.15, 0.2) is 42.0 Å². The first-order chi connectivity index (χ1) is 19.4. The molecule has 3 saturated carbocycles. The van der Waals surface area contributed by atoms with Crippen molar-refractivity contribution in [3.8, 4) is 0 Å². The molecule has 0 heterocycles. The van der Waals surface area contributed by atoms with E-state index >= 15 is 0 Å². The van der Waals surface area contributed by atoms with Gasteiger partial charge in [0.2, 0.25) is 0 Å². The molecule has 10 atom stereocenters. The van der Waals surface area contributed by atoms with Crippen molar-refractivity contribution in [3.05, 3.63) is 47.5 Å². The first-order valence-corrected chi connectivity index (χ1v) is 15.5. The summed E-state index contributed by atoms with van der Waals surface area (Å²) in [5.74, 6) is -1.70. The molecule has 5 rings (SSSR count). The van der Waals surface area contributed by atoms with Crippen LogP contribution in [0, 0.1) is 28.6 Å². The SMILES string of the molecule is CC(C)(O)CC[C@H](OC(=O)c1ccccc1)[C@](C)(O)[C@@H]1CC[C@@]2(O)C3=CC(=O)[C@@H]4C[C@H](O)[C@H](O)C[C@]4(C)[C@@H]3CC[C@]12C. The van der Waals surface area contributed by atoms with E-state index in [4.69, 9.17) is 4.74 Å². The van der Waals surface area contributed by atoms with Gasteiger partial charge >= 0.3 is 5.97 Å². The Morgan fingerprint density at radius 2 is 1.69 bits per heavy atom. The van der Waals surface area contributed by atoms with Crippen LogP contribution in [0.4, 0.5) is 0 Å². The largest absolute Gasteiger partial charge is 0.456 e. The van der Waals surface area contributed by atoms with E-state index in [1.807, 2.05) is 13.8 Å². The molecule has 3 fully saturated rings. The molecule has 0 amide bonds. The molecule has 0 radical (unpaired) electrons. The first kappa shape index (κ1) is 31.3. The van der Waals surface area contributed by atoms with E-state index in [0.29, 0.717) is 43.2 Å². The summed E-state index contributed by atoms with van der Waals surface area (Å²) in [7, 11) is 0. The van der Waals surface area contributed by atoms with Gasteiger partial charge in [-0.05, 0) is 113 Å². The van der Waals surface area contributed by atoms with Gasteiger partial charge in [0, 0.05) is 11.3 Å². The van der Waals surface area contributed by atoms with Crippen LogP contribution in [0.5, 0.6) is 0 Å². The molecule has 4 aliphatic carbocycles. The standard InChI is InChI=1S/C34H48O8/c1-30(2,39)14-13-28(42-29(38)20-9-7-6-8-10-20)33(5,40)27-12-16-34(41)22-17-24(35)23-18-25(36)26(37)19-31(23,3)21(22)11-15-32(27,34)4/h6-10,17,21,23,25-28,36-37,39-41H,11-16,18-19H2,1-5H3/t21-,23+,25+,26-,27-,28+,31-,32-,33-,34-/m1/s1. The van der Waals surface area contributed by atoms with Gasteiger partial charge in [0.15, 0.2) is 5.78 Å². The number of carbonyl (C=O) groups excluding carboxylic acids is 2. The van der Waals surface area contributed by atoms with E-state index in [1.54, 1.807) is 57.2 Å². The van der Waals surface area contributed by atoms with Crippen LogP contribution >= 0.6 is 0 Å². The number of benzene rings is 1. The summed E-state index contributed by atoms with van der Waals surface area (Å²) in [4.78, 5) is 26.7. The number of ketones is 1. The normalized spacial score (nSPS) is 40.2. The van der Waals surface area contributed by atoms with Gasteiger partial charge in [-0.2, -0.15) is 0 Å². The van der Waals surface area contributed by atoms with Crippen LogP contribution in [-0.4, -0.2) is 72.4 Å². The Morgan fingerprint density at radius 3 is 2.33 bits per heavy atom. The monoisotopic (exact) mass is 584 g/mol. The number of aliphatic hydroxyl groups is 5. The zero-order valence-corrected chi connectivity index (χ0v) is 25.5. The van der Waals surface area contributed by atoms with Crippen molar-refractivity contribution in [2.24, 2.45) is 28.6 Å². The predicted molar refractivity (Wildman–Crippen MR) is 156 cm³/mol. The van der Waals surface area contributed by atoms with Crippen LogP contribution in [0.2, 0.25) is 0 Å². The van der Waals surface area contributed by atoms with Crippen LogP contribution in [-0.2, 0) is 9.53 Å². The van der Waals surface area contributed by atoms with Crippen LogP contribution < -0.4 is 0 Å². The van der Waals surface area contributed by atoms with E-state index in [-0.39, 0.29) is 31.0 Å². The minimum Gasteiger partial charge on any atom is -0.456 e. The average molecular weight is 585 g/mol. The van der Waals surface area contributed by atoms with Crippen molar-refractivity contribution >= 4 is 11.8 Å². The molecule has 0 aromatic heterocycles. The van der Waals surface area contributed by atoms with Crippen LogP contribution in [0.3, 0.4) is 0 Å². The molecule has 0 spiro atoms. The molecule has 4 aliphatic rings. The third-order valence-electron chi connectivity index (χ3n) is 11.8. The van der Waals surface area contributed by atoms with Crippen molar-refractivity contribution in [1.29, 1.82) is 0 Å². The van der Waals surface area contributed by atoms with Gasteiger partial charge in [0.05, 0.1) is 29.0 Å². The number of aliphatic hydroxyl groups excluding tert-OH is 2. The summed E-state index contributed by atoms with van der Waals surface area (Å²) in [5.41, 5.74) is -4.30. The van der Waals surface area contributed by atoms with Crippen molar-refractivity contribution in [3.63, 3.8) is 0 Å². The van der Waals surface area contributed by atoms with Gasteiger partial charge in [-0.25, -0.2) is 4.79 Å². The highest BCUT2D eigenvalue weighted by atomic mass is 16.6. The quantitative estimate of drug-likeness (QED) is 0.305. The Bertz CT molecular complexity index is 1230. The number of allylic oxidation sites excluding steroid dienone is 1. The summed E-state index contributed by atoms with van der Waals surface area (Å²) in [6, 6.07) is 8.60. The molecule has 0 aliphatic heterocycles. The van der Waals surface area contributed by atoms with Crippen molar-refractivity contribution in [1.82, 2.24) is 0 Å². The first-order valence-electron chi connectivity index (χ1n) is 15.5. The van der Waals surface area contributed by atoms with Gasteiger partial charge in [0.25, 0.3) is 0 Å². The Hall–Kier alpha value is -2.10. The van der Waals surface area contributed by atoms with E-state index < -0.39 is 63.8 Å². The third-order valence-corrected chi connectivity index (χ3v) is 11.8. The summed E-state index contributed by atoms with van der Waals surface area (Å²) in [5, 5.41) is 56.3. The molecule has 1 aromatic rings. The molecule has 0 bridgehead atoms. The number of fused-ring (bicyclic) bond motifs is 5. The molecule has 42 heavy (non-hydrogen) atoms. The molecule has 8 heteroatoms. The summed E-state index contributed by atoms with van der Waals surface area (Å²) >= 11 is 0. The molecular formula is C34H48O8. The Morgan fingerprint density at radius 1 is 1.02 bits per heavy atom. The fourth-order valence-electron chi connectivity index (χ4n) is 9.26. The summed E-state index contributed by atoms with van der Waals surface area (Å²) in [6.07, 6.45) is 1.84. The van der Waals surface area contributed by atoms with E-state index in [1.165, 1.54) is 0 Å². The van der Waals surface area contributed by atoms with Crippen molar-refractivity contribution in [2.75, 3.05) is 0 Å². The number of esters is 1. The second kappa shape index (κ2) is 10.5. The lowest BCUT2D eigenvalue weighted by Gasteiger charge is -2.60. The smallest absolute Gasteiger partial charge is 0.338 e. The highest BCUT2D eigenvalue weighted by Crippen LogP contribution is 2.68. The maximum Gasteiger partial charge on any atom is 0.338 e. The molecular weight excluding hydrogens is 536 g/mol. The zero-order valence-electron chi connectivity index (χ0n) is 25.5. The van der Waals surface area contributed by atoms with E-state index in [2.05, 4.69) is 0 Å². The Kier molecular flexibility index (Phi) is 7.84. The molecule has 0 unspecified atom stereocenters. The highest BCUT2D eigenvalue weighted by molar-refractivity contribution is 5.95. The Balaban J connectivity index is 1.48.